The van der Waals surface area contributed by atoms with Crippen LogP contribution in [0.15, 0.2) is 36.4 Å². The molecule has 1 N–H and O–H groups in total. The van der Waals surface area contributed by atoms with Crippen molar-refractivity contribution in [2.24, 2.45) is 0 Å². The van der Waals surface area contributed by atoms with Crippen molar-refractivity contribution in [3.8, 4) is 17.1 Å². The molecule has 1 aromatic heterocycles. The number of carbonyl (C=O) groups is 1. The average molecular weight is 577 g/mol. The van der Waals surface area contributed by atoms with Crippen molar-refractivity contribution in [1.82, 2.24) is 9.29 Å². The Bertz CT molecular complexity index is 1280. The van der Waals surface area contributed by atoms with Crippen molar-refractivity contribution in [2.75, 3.05) is 39.5 Å². The van der Waals surface area contributed by atoms with Crippen molar-refractivity contribution in [3.05, 3.63) is 47.5 Å². The molecule has 3 heterocycles. The van der Waals surface area contributed by atoms with Crippen molar-refractivity contribution in [2.45, 2.75) is 69.8 Å². The molecule has 0 spiro atoms. The van der Waals surface area contributed by atoms with Gasteiger partial charge in [-0.25, -0.2) is 18.2 Å². The molecule has 2 fully saturated rings. The van der Waals surface area contributed by atoms with Crippen molar-refractivity contribution in [1.29, 1.82) is 0 Å². The van der Waals surface area contributed by atoms with E-state index in [0.717, 1.165) is 22.4 Å². The number of carboxylic acid groups (broad SMARTS) is 1. The lowest BCUT2D eigenvalue weighted by Crippen LogP contribution is -2.55. The van der Waals surface area contributed by atoms with Gasteiger partial charge in [-0.2, -0.15) is 4.31 Å². The number of hydrogen-bond acceptors (Lipinski definition) is 8. The van der Waals surface area contributed by atoms with Gasteiger partial charge in [0.25, 0.3) is 10.0 Å². The number of hydrogen-bond donors (Lipinski definition) is 1. The molecule has 0 aliphatic carbocycles. The summed E-state index contributed by atoms with van der Waals surface area (Å²) in [7, 11) is -4.00. The molecule has 40 heavy (non-hydrogen) atoms. The predicted molar refractivity (Wildman–Crippen MR) is 150 cm³/mol. The van der Waals surface area contributed by atoms with E-state index in [2.05, 4.69) is 23.2 Å². The molecule has 2 aliphatic heterocycles. The van der Waals surface area contributed by atoms with E-state index in [1.54, 1.807) is 0 Å². The number of ether oxygens (including phenoxy) is 4. The van der Waals surface area contributed by atoms with Crippen LogP contribution in [0.3, 0.4) is 0 Å². The van der Waals surface area contributed by atoms with Gasteiger partial charge in [-0.05, 0) is 63.6 Å². The Kier molecular flexibility index (Phi) is 9.39. The summed E-state index contributed by atoms with van der Waals surface area (Å²) < 4.78 is 50.2. The van der Waals surface area contributed by atoms with Gasteiger partial charge in [-0.15, -0.1) is 0 Å². The van der Waals surface area contributed by atoms with E-state index < -0.39 is 21.1 Å². The highest BCUT2D eigenvalue weighted by atomic mass is 32.2. The Hall–Kier alpha value is -2.73. The minimum Gasteiger partial charge on any atom is -0.475 e. The van der Waals surface area contributed by atoms with Crippen LogP contribution in [0.2, 0.25) is 0 Å². The van der Waals surface area contributed by atoms with E-state index >= 15 is 0 Å². The first-order valence-electron chi connectivity index (χ1n) is 13.7. The normalized spacial score (nSPS) is 18.8. The first kappa shape index (κ1) is 30.2. The molecule has 4 rings (SSSR count). The average Bonchev–Trinajstić information content (AvgIpc) is 2.91. The van der Waals surface area contributed by atoms with E-state index in [0.29, 0.717) is 45.0 Å². The maximum Gasteiger partial charge on any atom is 0.507 e. The molecule has 0 amide bonds. The number of aromatic nitrogens is 1. The van der Waals surface area contributed by atoms with Crippen LogP contribution >= 0.6 is 0 Å². The summed E-state index contributed by atoms with van der Waals surface area (Å²) in [4.78, 5) is 14.2. The standard InChI is InChI=1S/C29H40N2O8S/c1-21-20-23(8-9-24(21)25-6-5-7-26(30-25)37-18-19-38-28(2,3)4)22-10-14-31(15-11-22)40(34,35)29(39-27(32)33)12-16-36-17-13-29/h5-9,20,22H,10-19H2,1-4H3,(H,32,33). The zero-order chi connectivity index (χ0) is 29.0. The van der Waals surface area contributed by atoms with Gasteiger partial charge in [0, 0.05) is 37.6 Å². The third-order valence-corrected chi connectivity index (χ3v) is 9.86. The quantitative estimate of drug-likeness (QED) is 0.326. The summed E-state index contributed by atoms with van der Waals surface area (Å²) in [5.74, 6) is 0.733. The van der Waals surface area contributed by atoms with Gasteiger partial charge in [0.15, 0.2) is 0 Å². The summed E-state index contributed by atoms with van der Waals surface area (Å²) in [6.45, 7) is 9.84. The Morgan fingerprint density at radius 1 is 1.12 bits per heavy atom. The predicted octanol–water partition coefficient (Wildman–Crippen LogP) is 4.96. The minimum atomic E-state index is -4.00. The molecule has 1 aromatic carbocycles. The highest BCUT2D eigenvalue weighted by Gasteiger charge is 2.52. The molecule has 0 atom stereocenters. The lowest BCUT2D eigenvalue weighted by atomic mass is 9.88. The van der Waals surface area contributed by atoms with Crippen molar-refractivity contribution in [3.63, 3.8) is 0 Å². The van der Waals surface area contributed by atoms with E-state index in [4.69, 9.17) is 18.9 Å². The summed E-state index contributed by atoms with van der Waals surface area (Å²) in [5, 5.41) is 9.24. The molecular weight excluding hydrogens is 536 g/mol. The molecule has 2 saturated heterocycles. The minimum absolute atomic E-state index is 0.00676. The Morgan fingerprint density at radius 2 is 1.82 bits per heavy atom. The fourth-order valence-corrected chi connectivity index (χ4v) is 7.31. The van der Waals surface area contributed by atoms with Crippen molar-refractivity contribution < 1.29 is 37.3 Å². The summed E-state index contributed by atoms with van der Waals surface area (Å²) in [6.07, 6.45) is -0.330. The smallest absolute Gasteiger partial charge is 0.475 e. The third kappa shape index (κ3) is 7.12. The molecule has 0 unspecified atom stereocenters. The second kappa shape index (κ2) is 12.4. The fourth-order valence-electron chi connectivity index (χ4n) is 5.29. The largest absolute Gasteiger partial charge is 0.507 e. The molecule has 0 bridgehead atoms. The van der Waals surface area contributed by atoms with Gasteiger partial charge in [0.2, 0.25) is 10.8 Å². The first-order valence-corrected chi connectivity index (χ1v) is 15.2. The number of nitrogens with zero attached hydrogens (tertiary/aromatic N) is 2. The third-order valence-electron chi connectivity index (χ3n) is 7.38. The highest BCUT2D eigenvalue weighted by molar-refractivity contribution is 7.90. The second-order valence-electron chi connectivity index (χ2n) is 11.3. The summed E-state index contributed by atoms with van der Waals surface area (Å²) in [6, 6.07) is 12.0. The number of pyridine rings is 1. The first-order chi connectivity index (χ1) is 18.9. The SMILES string of the molecule is Cc1cc(C2CCN(S(=O)(=O)C3(OC(=O)O)CCOCC3)CC2)ccc1-c1cccc(OCCOC(C)(C)C)n1. The molecule has 2 aliphatic rings. The maximum atomic E-state index is 13.5. The summed E-state index contributed by atoms with van der Waals surface area (Å²) in [5.41, 5.74) is 3.83. The number of piperidine rings is 1. The molecule has 0 radical (unpaired) electrons. The molecule has 2 aromatic rings. The molecule has 10 nitrogen and oxygen atoms in total. The van der Waals surface area contributed by atoms with Crippen molar-refractivity contribution >= 4 is 16.2 Å². The van der Waals surface area contributed by atoms with Crippen LogP contribution in [-0.4, -0.2) is 79.0 Å². The number of rotatable bonds is 9. The maximum absolute atomic E-state index is 13.5. The topological polar surface area (TPSA) is 124 Å². The lowest BCUT2D eigenvalue weighted by molar-refractivity contribution is -0.0424. The molecule has 220 valence electrons. The lowest BCUT2D eigenvalue weighted by Gasteiger charge is -2.40. The van der Waals surface area contributed by atoms with E-state index in [-0.39, 0.29) is 37.6 Å². The zero-order valence-corrected chi connectivity index (χ0v) is 24.5. The van der Waals surface area contributed by atoms with Gasteiger partial charge in [0.05, 0.1) is 31.1 Å². The van der Waals surface area contributed by atoms with E-state index in [1.165, 1.54) is 4.31 Å². The van der Waals surface area contributed by atoms with Gasteiger partial charge in [-0.3, -0.25) is 0 Å². The molecule has 11 heteroatoms. The van der Waals surface area contributed by atoms with Gasteiger partial charge < -0.3 is 24.1 Å². The zero-order valence-electron chi connectivity index (χ0n) is 23.7. The number of benzene rings is 1. The Morgan fingerprint density at radius 3 is 2.45 bits per heavy atom. The van der Waals surface area contributed by atoms with Crippen LogP contribution < -0.4 is 4.74 Å². The van der Waals surface area contributed by atoms with Crippen LogP contribution in [0.1, 0.15) is 63.5 Å². The van der Waals surface area contributed by atoms with E-state index in [1.807, 2.05) is 45.9 Å². The van der Waals surface area contributed by atoms with Gasteiger partial charge in [0.1, 0.15) is 6.61 Å². The molecule has 0 saturated carbocycles. The molecular formula is C29H40N2O8S. The van der Waals surface area contributed by atoms with Crippen LogP contribution in [0.5, 0.6) is 5.88 Å². The van der Waals surface area contributed by atoms with Crippen LogP contribution in [0.4, 0.5) is 4.79 Å². The second-order valence-corrected chi connectivity index (χ2v) is 13.5. The van der Waals surface area contributed by atoms with Crippen LogP contribution in [-0.2, 0) is 24.2 Å². The van der Waals surface area contributed by atoms with Gasteiger partial charge in [-0.1, -0.05) is 24.3 Å². The Labute approximate surface area is 236 Å². The van der Waals surface area contributed by atoms with Gasteiger partial charge >= 0.3 is 6.16 Å². The van der Waals surface area contributed by atoms with Crippen LogP contribution in [0, 0.1) is 6.92 Å². The fraction of sp³-hybridized carbons (Fsp3) is 0.586. The Balaban J connectivity index is 1.40. The highest BCUT2D eigenvalue weighted by Crippen LogP contribution is 2.38. The monoisotopic (exact) mass is 576 g/mol. The summed E-state index contributed by atoms with van der Waals surface area (Å²) >= 11 is 0. The number of sulfonamides is 1. The van der Waals surface area contributed by atoms with E-state index in [9.17, 15) is 18.3 Å². The van der Waals surface area contributed by atoms with Crippen LogP contribution in [0.25, 0.3) is 11.3 Å². The number of aryl methyl sites for hydroxylation is 1.